The fraction of sp³-hybridized carbons (Fsp3) is 0.231. The van der Waals surface area contributed by atoms with E-state index in [4.69, 9.17) is 5.73 Å². The second kappa shape index (κ2) is 5.29. The Kier molecular flexibility index (Phi) is 3.97. The van der Waals surface area contributed by atoms with E-state index in [1.165, 1.54) is 0 Å². The maximum atomic E-state index is 13.9. The van der Waals surface area contributed by atoms with Crippen LogP contribution in [0.25, 0.3) is 0 Å². The summed E-state index contributed by atoms with van der Waals surface area (Å²) < 4.78 is 14.9. The first-order valence-corrected chi connectivity index (χ1v) is 6.98. The summed E-state index contributed by atoms with van der Waals surface area (Å²) in [5.74, 6) is -0.185. The molecule has 4 heteroatoms. The maximum absolute atomic E-state index is 13.9. The second-order valence-corrected chi connectivity index (χ2v) is 5.93. The van der Waals surface area contributed by atoms with E-state index in [1.54, 1.807) is 30.4 Å². The largest absolute Gasteiger partial charge is 0.324 e. The van der Waals surface area contributed by atoms with Gasteiger partial charge in [0.1, 0.15) is 5.82 Å². The fourth-order valence-electron chi connectivity index (χ4n) is 1.74. The molecule has 1 nitrogen and oxygen atoms in total. The molecule has 0 aliphatic rings. The Morgan fingerprint density at radius 1 is 1.47 bits per heavy atom. The minimum atomic E-state index is -0.291. The molecule has 0 fully saturated rings. The standard InChI is InChI=1S/C13H13BrFNS/c1-8-3-2-4-11(13(8)15)12(16)6-10-5-9(14)7-17-10/h2-5,7,12H,6,16H2,1H3. The smallest absolute Gasteiger partial charge is 0.130 e. The Balaban J connectivity index is 2.20. The molecule has 1 unspecified atom stereocenters. The quantitative estimate of drug-likeness (QED) is 0.903. The predicted octanol–water partition coefficient (Wildman–Crippen LogP) is 4.20. The molecular formula is C13H13BrFNS. The first kappa shape index (κ1) is 12.7. The lowest BCUT2D eigenvalue weighted by Gasteiger charge is -2.13. The molecule has 0 aliphatic heterocycles. The third-order valence-corrected chi connectivity index (χ3v) is 4.38. The van der Waals surface area contributed by atoms with Crippen molar-refractivity contribution in [1.29, 1.82) is 0 Å². The first-order valence-electron chi connectivity index (χ1n) is 5.31. The van der Waals surface area contributed by atoms with E-state index in [2.05, 4.69) is 15.9 Å². The van der Waals surface area contributed by atoms with E-state index in [1.807, 2.05) is 17.5 Å². The lowest BCUT2D eigenvalue weighted by atomic mass is 10.0. The van der Waals surface area contributed by atoms with Crippen molar-refractivity contribution in [3.63, 3.8) is 0 Å². The number of nitrogens with two attached hydrogens (primary N) is 1. The van der Waals surface area contributed by atoms with E-state index < -0.39 is 0 Å². The van der Waals surface area contributed by atoms with Crippen molar-refractivity contribution in [1.82, 2.24) is 0 Å². The van der Waals surface area contributed by atoms with Gasteiger partial charge in [-0.1, -0.05) is 18.2 Å². The number of benzene rings is 1. The lowest BCUT2D eigenvalue weighted by Crippen LogP contribution is -2.14. The Morgan fingerprint density at radius 3 is 2.88 bits per heavy atom. The van der Waals surface area contributed by atoms with Gasteiger partial charge in [0.25, 0.3) is 0 Å². The molecule has 0 aliphatic carbocycles. The number of halogens is 2. The van der Waals surface area contributed by atoms with Crippen LogP contribution in [-0.4, -0.2) is 0 Å². The molecule has 2 N–H and O–H groups in total. The van der Waals surface area contributed by atoms with Crippen LogP contribution in [0.1, 0.15) is 22.0 Å². The van der Waals surface area contributed by atoms with Crippen molar-refractivity contribution >= 4 is 27.3 Å². The molecule has 1 heterocycles. The summed E-state index contributed by atoms with van der Waals surface area (Å²) in [6.45, 7) is 1.76. The molecular weight excluding hydrogens is 301 g/mol. The monoisotopic (exact) mass is 313 g/mol. The summed E-state index contributed by atoms with van der Waals surface area (Å²) >= 11 is 5.03. The Labute approximate surface area is 113 Å². The van der Waals surface area contributed by atoms with Crippen molar-refractivity contribution in [2.45, 2.75) is 19.4 Å². The van der Waals surface area contributed by atoms with Gasteiger partial charge in [-0.25, -0.2) is 4.39 Å². The number of hydrogen-bond donors (Lipinski definition) is 1. The Bertz CT molecular complexity index is 524. The molecule has 1 aromatic carbocycles. The molecule has 0 saturated carbocycles. The molecule has 0 amide bonds. The third-order valence-electron chi connectivity index (χ3n) is 2.66. The summed E-state index contributed by atoms with van der Waals surface area (Å²) in [6.07, 6.45) is 0.663. The zero-order chi connectivity index (χ0) is 12.4. The molecule has 1 atom stereocenters. The summed E-state index contributed by atoms with van der Waals surface area (Å²) in [7, 11) is 0. The molecule has 2 aromatic rings. The molecule has 0 spiro atoms. The van der Waals surface area contributed by atoms with Crippen LogP contribution in [0, 0.1) is 12.7 Å². The molecule has 90 valence electrons. The average Bonchev–Trinajstić information content (AvgIpc) is 2.68. The van der Waals surface area contributed by atoms with Crippen LogP contribution < -0.4 is 5.73 Å². The fourth-order valence-corrected chi connectivity index (χ4v) is 3.26. The van der Waals surface area contributed by atoms with E-state index >= 15 is 0 Å². The van der Waals surface area contributed by atoms with Gasteiger partial charge in [0.15, 0.2) is 0 Å². The van der Waals surface area contributed by atoms with Crippen molar-refractivity contribution in [3.05, 3.63) is 55.9 Å². The van der Waals surface area contributed by atoms with Crippen LogP contribution in [0.5, 0.6) is 0 Å². The lowest BCUT2D eigenvalue weighted by molar-refractivity contribution is 0.574. The zero-order valence-electron chi connectivity index (χ0n) is 9.41. The highest BCUT2D eigenvalue weighted by atomic mass is 79.9. The minimum Gasteiger partial charge on any atom is -0.324 e. The maximum Gasteiger partial charge on any atom is 0.130 e. The second-order valence-electron chi connectivity index (χ2n) is 4.02. The van der Waals surface area contributed by atoms with Gasteiger partial charge in [-0.3, -0.25) is 0 Å². The summed E-state index contributed by atoms with van der Waals surface area (Å²) in [5.41, 5.74) is 7.29. The SMILES string of the molecule is Cc1cccc(C(N)Cc2cc(Br)cs2)c1F. The van der Waals surface area contributed by atoms with Gasteiger partial charge in [0, 0.05) is 32.8 Å². The minimum absolute atomic E-state index is 0.185. The zero-order valence-corrected chi connectivity index (χ0v) is 11.8. The van der Waals surface area contributed by atoms with Crippen LogP contribution in [0.15, 0.2) is 34.1 Å². The van der Waals surface area contributed by atoms with Crippen LogP contribution in [0.2, 0.25) is 0 Å². The molecule has 0 bridgehead atoms. The van der Waals surface area contributed by atoms with E-state index in [-0.39, 0.29) is 11.9 Å². The number of thiophene rings is 1. The van der Waals surface area contributed by atoms with Crippen LogP contribution in [0.3, 0.4) is 0 Å². The molecule has 17 heavy (non-hydrogen) atoms. The van der Waals surface area contributed by atoms with Gasteiger partial charge in [-0.15, -0.1) is 11.3 Å². The molecule has 1 aromatic heterocycles. The molecule has 0 radical (unpaired) electrons. The van der Waals surface area contributed by atoms with Gasteiger partial charge in [-0.05, 0) is 34.5 Å². The van der Waals surface area contributed by atoms with Crippen LogP contribution >= 0.6 is 27.3 Å². The van der Waals surface area contributed by atoms with E-state index in [0.717, 1.165) is 9.35 Å². The first-order chi connectivity index (χ1) is 8.08. The topological polar surface area (TPSA) is 26.0 Å². The number of hydrogen-bond acceptors (Lipinski definition) is 2. The van der Waals surface area contributed by atoms with Crippen LogP contribution in [0.4, 0.5) is 4.39 Å². The van der Waals surface area contributed by atoms with Gasteiger partial charge < -0.3 is 5.73 Å². The normalized spacial score (nSPS) is 12.7. The third kappa shape index (κ3) is 2.94. The van der Waals surface area contributed by atoms with E-state index in [9.17, 15) is 4.39 Å². The summed E-state index contributed by atoms with van der Waals surface area (Å²) in [5, 5.41) is 2.01. The Hall–Kier alpha value is -0.710. The number of rotatable bonds is 3. The van der Waals surface area contributed by atoms with Crippen molar-refractivity contribution in [3.8, 4) is 0 Å². The summed E-state index contributed by atoms with van der Waals surface area (Å²) in [4.78, 5) is 1.16. The highest BCUT2D eigenvalue weighted by Crippen LogP contribution is 2.26. The average molecular weight is 314 g/mol. The van der Waals surface area contributed by atoms with Crippen molar-refractivity contribution < 1.29 is 4.39 Å². The number of aryl methyl sites for hydroxylation is 1. The Morgan fingerprint density at radius 2 is 2.24 bits per heavy atom. The van der Waals surface area contributed by atoms with Gasteiger partial charge in [0.05, 0.1) is 0 Å². The van der Waals surface area contributed by atoms with Gasteiger partial charge in [-0.2, -0.15) is 0 Å². The van der Waals surface area contributed by atoms with Crippen LogP contribution in [-0.2, 0) is 6.42 Å². The van der Waals surface area contributed by atoms with Gasteiger partial charge >= 0.3 is 0 Å². The van der Waals surface area contributed by atoms with Crippen molar-refractivity contribution in [2.24, 2.45) is 5.73 Å². The predicted molar refractivity (Wildman–Crippen MR) is 73.8 cm³/mol. The molecule has 0 saturated heterocycles. The molecule has 2 rings (SSSR count). The van der Waals surface area contributed by atoms with Crippen molar-refractivity contribution in [2.75, 3.05) is 0 Å². The summed E-state index contributed by atoms with van der Waals surface area (Å²) in [6, 6.07) is 7.10. The van der Waals surface area contributed by atoms with Gasteiger partial charge in [0.2, 0.25) is 0 Å². The highest BCUT2D eigenvalue weighted by molar-refractivity contribution is 9.10. The highest BCUT2D eigenvalue weighted by Gasteiger charge is 2.14. The van der Waals surface area contributed by atoms with E-state index in [0.29, 0.717) is 17.5 Å².